The topological polar surface area (TPSA) is 30.0 Å². The van der Waals surface area contributed by atoms with Crippen molar-refractivity contribution in [3.63, 3.8) is 0 Å². The van der Waals surface area contributed by atoms with Crippen LogP contribution in [-0.2, 0) is 0 Å². The molecule has 92 valence electrons. The highest BCUT2D eigenvalue weighted by molar-refractivity contribution is 9.10. The summed E-state index contributed by atoms with van der Waals surface area (Å²) >= 11 is 5.01. The van der Waals surface area contributed by atoms with E-state index in [1.54, 1.807) is 12.4 Å². The van der Waals surface area contributed by atoms with Crippen molar-refractivity contribution in [1.29, 1.82) is 0 Å². The van der Waals surface area contributed by atoms with Crippen molar-refractivity contribution in [1.82, 2.24) is 4.98 Å². The fourth-order valence-electron chi connectivity index (χ4n) is 1.54. The Labute approximate surface area is 119 Å². The number of carbonyl (C=O) groups excluding carboxylic acids is 1. The number of hydrogen-bond donors (Lipinski definition) is 0. The molecule has 0 fully saturated rings. The molecule has 0 N–H and O–H groups in total. The van der Waals surface area contributed by atoms with Crippen molar-refractivity contribution >= 4 is 33.5 Å². The molecule has 18 heavy (non-hydrogen) atoms. The van der Waals surface area contributed by atoms with Crippen LogP contribution in [0.3, 0.4) is 0 Å². The quantitative estimate of drug-likeness (QED) is 0.626. The number of hydrogen-bond acceptors (Lipinski definition) is 3. The van der Waals surface area contributed by atoms with E-state index in [-0.39, 0.29) is 5.78 Å². The summed E-state index contributed by atoms with van der Waals surface area (Å²) in [5, 5.41) is 0. The molecular formula is C14H12BrNOS. The SMILES string of the molecule is Cc1ccncc1C(=O)CSc1ccccc1Br. The third-order valence-electron chi connectivity index (χ3n) is 2.53. The van der Waals surface area contributed by atoms with Gasteiger partial charge in [0.05, 0.1) is 5.75 Å². The van der Waals surface area contributed by atoms with Gasteiger partial charge in [-0.05, 0) is 46.6 Å². The van der Waals surface area contributed by atoms with Crippen LogP contribution in [0, 0.1) is 6.92 Å². The number of thioether (sulfide) groups is 1. The van der Waals surface area contributed by atoms with E-state index in [9.17, 15) is 4.79 Å². The number of nitrogens with zero attached hydrogens (tertiary/aromatic N) is 1. The largest absolute Gasteiger partial charge is 0.293 e. The van der Waals surface area contributed by atoms with Gasteiger partial charge in [-0.25, -0.2) is 0 Å². The number of pyridine rings is 1. The minimum atomic E-state index is 0.112. The minimum absolute atomic E-state index is 0.112. The summed E-state index contributed by atoms with van der Waals surface area (Å²) in [6.07, 6.45) is 3.34. The molecule has 0 atom stereocenters. The Bertz CT molecular complexity index is 571. The first-order valence-corrected chi connectivity index (χ1v) is 7.27. The van der Waals surface area contributed by atoms with Gasteiger partial charge in [-0.3, -0.25) is 9.78 Å². The van der Waals surface area contributed by atoms with Gasteiger partial charge in [-0.2, -0.15) is 0 Å². The summed E-state index contributed by atoms with van der Waals surface area (Å²) in [6, 6.07) is 9.75. The summed E-state index contributed by atoms with van der Waals surface area (Å²) in [4.78, 5) is 17.2. The number of aromatic nitrogens is 1. The lowest BCUT2D eigenvalue weighted by Crippen LogP contribution is -2.05. The molecule has 2 rings (SSSR count). The molecule has 0 bridgehead atoms. The van der Waals surface area contributed by atoms with E-state index in [4.69, 9.17) is 0 Å². The number of rotatable bonds is 4. The van der Waals surface area contributed by atoms with Gasteiger partial charge in [0.25, 0.3) is 0 Å². The van der Waals surface area contributed by atoms with Crippen molar-refractivity contribution < 1.29 is 4.79 Å². The Morgan fingerprint density at radius 1 is 1.33 bits per heavy atom. The number of ketones is 1. The molecule has 1 heterocycles. The molecule has 0 aliphatic heterocycles. The lowest BCUT2D eigenvalue weighted by Gasteiger charge is -2.05. The highest BCUT2D eigenvalue weighted by Gasteiger charge is 2.10. The maximum Gasteiger partial charge on any atom is 0.174 e. The average Bonchev–Trinajstić information content (AvgIpc) is 2.38. The van der Waals surface area contributed by atoms with Gasteiger partial charge in [0.2, 0.25) is 0 Å². The van der Waals surface area contributed by atoms with Gasteiger partial charge in [0.1, 0.15) is 0 Å². The second-order valence-electron chi connectivity index (χ2n) is 3.83. The number of aryl methyl sites for hydroxylation is 1. The Kier molecular flexibility index (Phi) is 4.55. The average molecular weight is 322 g/mol. The van der Waals surface area contributed by atoms with Crippen molar-refractivity contribution in [3.8, 4) is 0 Å². The molecular weight excluding hydrogens is 310 g/mol. The Morgan fingerprint density at radius 2 is 2.11 bits per heavy atom. The van der Waals surface area contributed by atoms with Crippen LogP contribution in [0.5, 0.6) is 0 Å². The van der Waals surface area contributed by atoms with Crippen LogP contribution in [-0.4, -0.2) is 16.5 Å². The molecule has 1 aromatic carbocycles. The van der Waals surface area contributed by atoms with Gasteiger partial charge >= 0.3 is 0 Å². The zero-order chi connectivity index (χ0) is 13.0. The molecule has 0 aliphatic rings. The van der Waals surface area contributed by atoms with Gasteiger partial charge in [-0.15, -0.1) is 11.8 Å². The Hall–Kier alpha value is -1.13. The lowest BCUT2D eigenvalue weighted by molar-refractivity contribution is 0.102. The van der Waals surface area contributed by atoms with Crippen LogP contribution in [0.25, 0.3) is 0 Å². The monoisotopic (exact) mass is 321 g/mol. The fourth-order valence-corrected chi connectivity index (χ4v) is 2.99. The number of benzene rings is 1. The Balaban J connectivity index is 2.06. The van der Waals surface area contributed by atoms with Crippen molar-refractivity contribution in [3.05, 3.63) is 58.3 Å². The second kappa shape index (κ2) is 6.16. The van der Waals surface area contributed by atoms with Gasteiger partial charge < -0.3 is 0 Å². The van der Waals surface area contributed by atoms with Crippen LogP contribution in [0.15, 0.2) is 52.1 Å². The molecule has 0 saturated carbocycles. The predicted octanol–water partition coefficient (Wildman–Crippen LogP) is 4.13. The highest BCUT2D eigenvalue weighted by Crippen LogP contribution is 2.27. The maximum atomic E-state index is 12.1. The lowest BCUT2D eigenvalue weighted by atomic mass is 10.1. The van der Waals surface area contributed by atoms with E-state index in [1.165, 1.54) is 11.8 Å². The van der Waals surface area contributed by atoms with Crippen molar-refractivity contribution in [2.45, 2.75) is 11.8 Å². The summed E-state index contributed by atoms with van der Waals surface area (Å²) in [5.74, 6) is 0.538. The summed E-state index contributed by atoms with van der Waals surface area (Å²) in [6.45, 7) is 1.93. The molecule has 0 unspecified atom stereocenters. The maximum absolute atomic E-state index is 12.1. The minimum Gasteiger partial charge on any atom is -0.293 e. The molecule has 1 aromatic heterocycles. The molecule has 4 heteroatoms. The third kappa shape index (κ3) is 3.21. The standard InChI is InChI=1S/C14H12BrNOS/c1-10-6-7-16-8-11(10)13(17)9-18-14-5-3-2-4-12(14)15/h2-8H,9H2,1H3. The molecule has 0 amide bonds. The number of carbonyl (C=O) groups is 1. The van der Waals surface area contributed by atoms with Gasteiger partial charge in [0, 0.05) is 27.3 Å². The zero-order valence-electron chi connectivity index (χ0n) is 9.89. The summed E-state index contributed by atoms with van der Waals surface area (Å²) < 4.78 is 1.02. The smallest absolute Gasteiger partial charge is 0.174 e. The molecule has 0 spiro atoms. The first-order chi connectivity index (χ1) is 8.68. The number of halogens is 1. The van der Waals surface area contributed by atoms with Gasteiger partial charge in [0.15, 0.2) is 5.78 Å². The predicted molar refractivity (Wildman–Crippen MR) is 78.2 cm³/mol. The molecule has 2 aromatic rings. The van der Waals surface area contributed by atoms with Crippen molar-refractivity contribution in [2.75, 3.05) is 5.75 Å². The van der Waals surface area contributed by atoms with Crippen LogP contribution >= 0.6 is 27.7 Å². The van der Waals surface area contributed by atoms with Crippen LogP contribution in [0.2, 0.25) is 0 Å². The van der Waals surface area contributed by atoms with E-state index in [0.29, 0.717) is 11.3 Å². The molecule has 0 saturated heterocycles. The second-order valence-corrected chi connectivity index (χ2v) is 5.70. The fraction of sp³-hybridized carbons (Fsp3) is 0.143. The van der Waals surface area contributed by atoms with E-state index < -0.39 is 0 Å². The third-order valence-corrected chi connectivity index (χ3v) is 4.56. The first-order valence-electron chi connectivity index (χ1n) is 5.49. The van der Waals surface area contributed by atoms with Crippen LogP contribution in [0.1, 0.15) is 15.9 Å². The van der Waals surface area contributed by atoms with E-state index in [2.05, 4.69) is 20.9 Å². The zero-order valence-corrected chi connectivity index (χ0v) is 12.3. The van der Waals surface area contributed by atoms with Gasteiger partial charge in [-0.1, -0.05) is 12.1 Å². The Morgan fingerprint density at radius 3 is 2.83 bits per heavy atom. The molecule has 0 radical (unpaired) electrons. The van der Waals surface area contributed by atoms with E-state index in [0.717, 1.165) is 14.9 Å². The van der Waals surface area contributed by atoms with Crippen LogP contribution in [0.4, 0.5) is 0 Å². The van der Waals surface area contributed by atoms with Crippen LogP contribution < -0.4 is 0 Å². The summed E-state index contributed by atoms with van der Waals surface area (Å²) in [7, 11) is 0. The first kappa shape index (κ1) is 13.3. The number of Topliss-reactive ketones (excluding diaryl/α,β-unsaturated/α-hetero) is 1. The normalized spacial score (nSPS) is 10.3. The molecule has 2 nitrogen and oxygen atoms in total. The van der Waals surface area contributed by atoms with E-state index >= 15 is 0 Å². The van der Waals surface area contributed by atoms with E-state index in [1.807, 2.05) is 37.3 Å². The highest BCUT2D eigenvalue weighted by atomic mass is 79.9. The summed E-state index contributed by atoms with van der Waals surface area (Å²) in [5.41, 5.74) is 1.68. The molecule has 0 aliphatic carbocycles. The van der Waals surface area contributed by atoms with Crippen molar-refractivity contribution in [2.24, 2.45) is 0 Å².